The van der Waals surface area contributed by atoms with Crippen LogP contribution in [0.25, 0.3) is 11.0 Å². The van der Waals surface area contributed by atoms with E-state index in [0.717, 1.165) is 46.9 Å². The molecular formula is C18H20N4OS. The van der Waals surface area contributed by atoms with Gasteiger partial charge in [-0.15, -0.1) is 11.3 Å². The monoisotopic (exact) mass is 340 g/mol. The maximum atomic E-state index is 12.7. The molecule has 5 nitrogen and oxygen atoms in total. The summed E-state index contributed by atoms with van der Waals surface area (Å²) in [5, 5.41) is 2.98. The van der Waals surface area contributed by atoms with E-state index in [1.807, 2.05) is 23.3 Å². The van der Waals surface area contributed by atoms with Crippen LogP contribution in [0.3, 0.4) is 0 Å². The van der Waals surface area contributed by atoms with Crippen LogP contribution in [0.15, 0.2) is 23.6 Å². The number of aromatic nitrogens is 3. The number of nitrogens with zero attached hydrogens (tertiary/aromatic N) is 3. The highest BCUT2D eigenvalue weighted by Crippen LogP contribution is 2.32. The Hall–Kier alpha value is -2.21. The first-order valence-corrected chi connectivity index (χ1v) is 9.15. The number of benzene rings is 1. The number of hydrogen-bond acceptors (Lipinski definition) is 4. The molecule has 0 spiro atoms. The average molecular weight is 340 g/mol. The Bertz CT molecular complexity index is 897. The molecule has 0 aliphatic carbocycles. The number of nitrogens with one attached hydrogen (secondary N) is 1. The van der Waals surface area contributed by atoms with Gasteiger partial charge in [0.05, 0.1) is 34.2 Å². The van der Waals surface area contributed by atoms with Crippen LogP contribution in [0, 0.1) is 13.8 Å². The van der Waals surface area contributed by atoms with Crippen molar-refractivity contribution < 1.29 is 4.79 Å². The molecule has 0 unspecified atom stereocenters. The minimum Gasteiger partial charge on any atom is -0.340 e. The van der Waals surface area contributed by atoms with Gasteiger partial charge in [0, 0.05) is 11.9 Å². The van der Waals surface area contributed by atoms with Gasteiger partial charge in [-0.2, -0.15) is 0 Å². The van der Waals surface area contributed by atoms with E-state index >= 15 is 0 Å². The van der Waals surface area contributed by atoms with Crippen molar-refractivity contribution in [1.29, 1.82) is 0 Å². The topological polar surface area (TPSA) is 61.9 Å². The summed E-state index contributed by atoms with van der Waals surface area (Å²) >= 11 is 1.59. The first-order chi connectivity index (χ1) is 11.6. The summed E-state index contributed by atoms with van der Waals surface area (Å²) in [6.45, 7) is 4.83. The van der Waals surface area contributed by atoms with Gasteiger partial charge >= 0.3 is 0 Å². The number of imidazole rings is 1. The van der Waals surface area contributed by atoms with Crippen molar-refractivity contribution >= 4 is 28.3 Å². The molecule has 3 aromatic rings. The van der Waals surface area contributed by atoms with Crippen LogP contribution >= 0.6 is 11.3 Å². The molecule has 4 rings (SSSR count). The fraction of sp³-hybridized carbons (Fsp3) is 0.389. The quantitative estimate of drug-likeness (QED) is 0.793. The van der Waals surface area contributed by atoms with Gasteiger partial charge in [0.25, 0.3) is 0 Å². The van der Waals surface area contributed by atoms with E-state index in [-0.39, 0.29) is 11.9 Å². The van der Waals surface area contributed by atoms with Crippen molar-refractivity contribution in [2.45, 2.75) is 39.2 Å². The number of thiazole rings is 1. The number of carbonyl (C=O) groups excluding carboxylic acids is 1. The number of hydrogen-bond donors (Lipinski definition) is 1. The number of H-pyrrole nitrogens is 1. The highest BCUT2D eigenvalue weighted by Gasteiger charge is 2.32. The van der Waals surface area contributed by atoms with Gasteiger partial charge in [0.1, 0.15) is 5.82 Å². The lowest BCUT2D eigenvalue weighted by atomic mass is 10.2. The molecule has 1 aromatic carbocycles. The zero-order chi connectivity index (χ0) is 16.7. The molecule has 0 bridgehead atoms. The number of likely N-dealkylation sites (tertiary alicyclic amines) is 1. The van der Waals surface area contributed by atoms with Gasteiger partial charge < -0.3 is 9.88 Å². The molecule has 1 saturated heterocycles. The molecule has 0 saturated carbocycles. The Morgan fingerprint density at radius 1 is 1.38 bits per heavy atom. The highest BCUT2D eigenvalue weighted by molar-refractivity contribution is 7.09. The molecule has 1 aliphatic rings. The second-order valence-corrected chi connectivity index (χ2v) is 7.48. The Morgan fingerprint density at radius 3 is 3.04 bits per heavy atom. The molecule has 1 fully saturated rings. The molecule has 0 radical (unpaired) electrons. The molecule has 124 valence electrons. The molecule has 6 heteroatoms. The van der Waals surface area contributed by atoms with Crippen LogP contribution in [-0.2, 0) is 11.2 Å². The van der Waals surface area contributed by atoms with Gasteiger partial charge in [-0.1, -0.05) is 6.07 Å². The van der Waals surface area contributed by atoms with Gasteiger partial charge in [0.2, 0.25) is 5.91 Å². The Morgan fingerprint density at radius 2 is 2.25 bits per heavy atom. The molecule has 24 heavy (non-hydrogen) atoms. The number of amides is 1. The number of carbonyl (C=O) groups is 1. The number of aromatic amines is 1. The Labute approximate surface area is 144 Å². The minimum atomic E-state index is 0.0462. The van der Waals surface area contributed by atoms with Gasteiger partial charge in [-0.05, 0) is 44.4 Å². The van der Waals surface area contributed by atoms with Crippen molar-refractivity contribution in [1.82, 2.24) is 19.9 Å². The number of aryl methyl sites for hydroxylation is 2. The first-order valence-electron chi connectivity index (χ1n) is 8.27. The lowest BCUT2D eigenvalue weighted by Crippen LogP contribution is -2.32. The number of rotatable bonds is 3. The summed E-state index contributed by atoms with van der Waals surface area (Å²) in [5.41, 5.74) is 4.08. The predicted molar refractivity (Wildman–Crippen MR) is 95.1 cm³/mol. The summed E-state index contributed by atoms with van der Waals surface area (Å²) in [5.74, 6) is 1.04. The largest absolute Gasteiger partial charge is 0.340 e. The van der Waals surface area contributed by atoms with Crippen LogP contribution in [0.5, 0.6) is 0 Å². The lowest BCUT2D eigenvalue weighted by molar-refractivity contribution is -0.131. The fourth-order valence-electron chi connectivity index (χ4n) is 3.40. The van der Waals surface area contributed by atoms with Crippen LogP contribution in [0.2, 0.25) is 0 Å². The van der Waals surface area contributed by atoms with E-state index in [1.54, 1.807) is 11.3 Å². The molecular weight excluding hydrogens is 320 g/mol. The second kappa shape index (κ2) is 6.02. The van der Waals surface area contributed by atoms with Crippen LogP contribution in [0.4, 0.5) is 0 Å². The third kappa shape index (κ3) is 2.82. The average Bonchev–Trinajstić information content (AvgIpc) is 3.25. The third-order valence-electron chi connectivity index (χ3n) is 4.54. The van der Waals surface area contributed by atoms with Crippen molar-refractivity contribution in [3.8, 4) is 0 Å². The van der Waals surface area contributed by atoms with Crippen molar-refractivity contribution in [2.24, 2.45) is 0 Å². The van der Waals surface area contributed by atoms with E-state index in [2.05, 4.69) is 29.0 Å². The summed E-state index contributed by atoms with van der Waals surface area (Å²) in [4.78, 5) is 27.2. The Balaban J connectivity index is 1.58. The summed E-state index contributed by atoms with van der Waals surface area (Å²) in [7, 11) is 0. The van der Waals surface area contributed by atoms with Gasteiger partial charge in [-0.3, -0.25) is 4.79 Å². The first kappa shape index (κ1) is 15.3. The van der Waals surface area contributed by atoms with E-state index in [4.69, 9.17) is 4.98 Å². The van der Waals surface area contributed by atoms with E-state index in [9.17, 15) is 4.79 Å². The summed E-state index contributed by atoms with van der Waals surface area (Å²) in [6, 6.07) is 6.24. The smallest absolute Gasteiger partial charge is 0.229 e. The van der Waals surface area contributed by atoms with Crippen molar-refractivity contribution in [2.75, 3.05) is 6.54 Å². The molecule has 1 aliphatic heterocycles. The molecule has 1 amide bonds. The van der Waals surface area contributed by atoms with Crippen molar-refractivity contribution in [3.05, 3.63) is 45.7 Å². The van der Waals surface area contributed by atoms with Gasteiger partial charge in [0.15, 0.2) is 0 Å². The minimum absolute atomic E-state index is 0.0462. The van der Waals surface area contributed by atoms with Crippen molar-refractivity contribution in [3.63, 3.8) is 0 Å². The SMILES string of the molecule is Cc1ccc2nc([C@H]3CCCN3C(=O)Cc3csc(C)n3)[nH]c2c1. The maximum Gasteiger partial charge on any atom is 0.229 e. The lowest BCUT2D eigenvalue weighted by Gasteiger charge is -2.22. The fourth-order valence-corrected chi connectivity index (χ4v) is 4.01. The normalized spacial score (nSPS) is 17.8. The van der Waals surface area contributed by atoms with E-state index in [0.29, 0.717) is 6.42 Å². The Kier molecular flexibility index (Phi) is 3.84. The van der Waals surface area contributed by atoms with Crippen LogP contribution in [-0.4, -0.2) is 32.3 Å². The van der Waals surface area contributed by atoms with Crippen LogP contribution < -0.4 is 0 Å². The zero-order valence-corrected chi connectivity index (χ0v) is 14.7. The van der Waals surface area contributed by atoms with Crippen LogP contribution in [0.1, 0.15) is 41.0 Å². The summed E-state index contributed by atoms with van der Waals surface area (Å²) in [6.07, 6.45) is 2.35. The molecule has 3 heterocycles. The third-order valence-corrected chi connectivity index (χ3v) is 5.37. The highest BCUT2D eigenvalue weighted by atomic mass is 32.1. The molecule has 1 N–H and O–H groups in total. The maximum absolute atomic E-state index is 12.7. The molecule has 1 atom stereocenters. The standard InChI is InChI=1S/C18H20N4OS/c1-11-5-6-14-15(8-11)21-18(20-14)16-4-3-7-22(16)17(23)9-13-10-24-12(2)19-13/h5-6,8,10,16H,3-4,7,9H2,1-2H3,(H,20,21)/t16-/m1/s1. The summed E-state index contributed by atoms with van der Waals surface area (Å²) < 4.78 is 0. The van der Waals surface area contributed by atoms with E-state index in [1.165, 1.54) is 5.56 Å². The van der Waals surface area contributed by atoms with Gasteiger partial charge in [-0.25, -0.2) is 9.97 Å². The number of fused-ring (bicyclic) bond motifs is 1. The van der Waals surface area contributed by atoms with E-state index < -0.39 is 0 Å². The predicted octanol–water partition coefficient (Wildman–Crippen LogP) is 3.54. The zero-order valence-electron chi connectivity index (χ0n) is 13.9. The second-order valence-electron chi connectivity index (χ2n) is 6.42. The molecule has 2 aromatic heterocycles.